The molecule has 2 atom stereocenters. The van der Waals surface area contributed by atoms with E-state index in [0.29, 0.717) is 19.4 Å². The number of nitrogens with zero attached hydrogens (tertiary/aromatic N) is 1. The van der Waals surface area contributed by atoms with Crippen LogP contribution in [-0.4, -0.2) is 53.7 Å². The van der Waals surface area contributed by atoms with E-state index in [9.17, 15) is 14.4 Å². The zero-order valence-electron chi connectivity index (χ0n) is 12.2. The van der Waals surface area contributed by atoms with Crippen molar-refractivity contribution in [1.29, 1.82) is 0 Å². The third kappa shape index (κ3) is 6.15. The van der Waals surface area contributed by atoms with E-state index in [1.165, 1.54) is 4.90 Å². The van der Waals surface area contributed by atoms with Gasteiger partial charge in [-0.3, -0.25) is 14.3 Å². The number of nitrogens with one attached hydrogen (secondary N) is 1. The van der Waals surface area contributed by atoms with Crippen LogP contribution in [0.1, 0.15) is 26.7 Å². The minimum atomic E-state index is -0.727. The van der Waals surface area contributed by atoms with Gasteiger partial charge < -0.3 is 15.4 Å². The van der Waals surface area contributed by atoms with E-state index in [1.807, 2.05) is 13.8 Å². The number of hydrogen-bond donors (Lipinski definition) is 4. The highest BCUT2D eigenvalue weighted by atomic mass is 32.1. The molecule has 1 aliphatic heterocycles. The summed E-state index contributed by atoms with van der Waals surface area (Å²) in [5, 5.41) is 0. The maximum atomic E-state index is 12.1. The van der Waals surface area contributed by atoms with E-state index in [0.717, 1.165) is 0 Å². The van der Waals surface area contributed by atoms with Crippen LogP contribution in [0.25, 0.3) is 0 Å². The smallest absolute Gasteiger partial charge is 0.329 e. The molecule has 0 aromatic rings. The Balaban J connectivity index is 0.00000191. The molecule has 9 heteroatoms. The van der Waals surface area contributed by atoms with Crippen LogP contribution in [0, 0.1) is 0 Å². The van der Waals surface area contributed by atoms with Gasteiger partial charge in [0.1, 0.15) is 12.1 Å². The summed E-state index contributed by atoms with van der Waals surface area (Å²) in [5.74, 6) is -1.33. The SMILES string of the molecule is CC.NC(=O)COC(=O)C1CCCN1C(=O)C(CS)NS. The number of ether oxygens (including phenoxy) is 1. The molecule has 1 saturated heterocycles. The van der Waals surface area contributed by atoms with Crippen molar-refractivity contribution >= 4 is 43.2 Å². The summed E-state index contributed by atoms with van der Waals surface area (Å²) >= 11 is 7.89. The van der Waals surface area contributed by atoms with E-state index in [-0.39, 0.29) is 11.7 Å². The van der Waals surface area contributed by atoms with Gasteiger partial charge in [-0.25, -0.2) is 4.79 Å². The van der Waals surface area contributed by atoms with E-state index in [2.05, 4.69) is 30.2 Å². The molecule has 0 aromatic carbocycles. The van der Waals surface area contributed by atoms with Crippen molar-refractivity contribution in [2.24, 2.45) is 5.73 Å². The first kappa shape index (κ1) is 20.1. The van der Waals surface area contributed by atoms with Crippen LogP contribution in [-0.2, 0) is 19.1 Å². The van der Waals surface area contributed by atoms with Gasteiger partial charge in [0.05, 0.1) is 0 Å². The molecule has 122 valence electrons. The number of carbonyl (C=O) groups excluding carboxylic acids is 3. The molecule has 0 aromatic heterocycles. The molecular formula is C12H23N3O4S2. The molecule has 0 radical (unpaired) electrons. The number of nitrogens with two attached hydrogens (primary N) is 1. The maximum absolute atomic E-state index is 12.1. The van der Waals surface area contributed by atoms with Crippen molar-refractivity contribution in [3.63, 3.8) is 0 Å². The molecule has 1 rings (SSSR count). The lowest BCUT2D eigenvalue weighted by molar-refractivity contribution is -0.155. The molecule has 0 bridgehead atoms. The minimum Gasteiger partial charge on any atom is -0.454 e. The number of esters is 1. The van der Waals surface area contributed by atoms with Gasteiger partial charge in [0, 0.05) is 12.3 Å². The van der Waals surface area contributed by atoms with E-state index in [4.69, 9.17) is 10.5 Å². The van der Waals surface area contributed by atoms with Gasteiger partial charge >= 0.3 is 5.97 Å². The Kier molecular flexibility index (Phi) is 10.3. The lowest BCUT2D eigenvalue weighted by Gasteiger charge is -2.26. The number of primary amides is 1. The third-order valence-corrected chi connectivity index (χ3v) is 3.48. The van der Waals surface area contributed by atoms with Crippen LogP contribution in [0.2, 0.25) is 0 Å². The summed E-state index contributed by atoms with van der Waals surface area (Å²) in [6.45, 7) is 3.99. The van der Waals surface area contributed by atoms with Crippen molar-refractivity contribution in [2.75, 3.05) is 18.9 Å². The zero-order chi connectivity index (χ0) is 16.4. The van der Waals surface area contributed by atoms with Crippen LogP contribution in [0.15, 0.2) is 0 Å². The van der Waals surface area contributed by atoms with Crippen molar-refractivity contribution in [2.45, 2.75) is 38.8 Å². The van der Waals surface area contributed by atoms with Crippen LogP contribution in [0.5, 0.6) is 0 Å². The van der Waals surface area contributed by atoms with Crippen LogP contribution >= 0.6 is 25.4 Å². The predicted octanol–water partition coefficient (Wildman–Crippen LogP) is -0.235. The average Bonchev–Trinajstić information content (AvgIpc) is 2.97. The lowest BCUT2D eigenvalue weighted by atomic mass is 10.2. The molecule has 0 spiro atoms. The number of likely N-dealkylation sites (tertiary alicyclic amines) is 1. The van der Waals surface area contributed by atoms with Crippen LogP contribution < -0.4 is 10.5 Å². The van der Waals surface area contributed by atoms with Gasteiger partial charge in [-0.2, -0.15) is 12.6 Å². The number of carbonyl (C=O) groups is 3. The second-order valence-electron chi connectivity index (χ2n) is 4.13. The average molecular weight is 337 g/mol. The Morgan fingerprint density at radius 2 is 2.05 bits per heavy atom. The Labute approximate surface area is 135 Å². The normalized spacial score (nSPS) is 18.5. The first-order valence-corrected chi connectivity index (χ1v) is 7.85. The monoisotopic (exact) mass is 337 g/mol. The highest BCUT2D eigenvalue weighted by Gasteiger charge is 2.37. The molecule has 7 nitrogen and oxygen atoms in total. The van der Waals surface area contributed by atoms with Gasteiger partial charge in [-0.05, 0) is 12.8 Å². The molecule has 2 amide bonds. The maximum Gasteiger partial charge on any atom is 0.329 e. The van der Waals surface area contributed by atoms with Gasteiger partial charge in [0.25, 0.3) is 5.91 Å². The van der Waals surface area contributed by atoms with Crippen molar-refractivity contribution in [3.8, 4) is 0 Å². The fourth-order valence-corrected chi connectivity index (χ4v) is 2.48. The van der Waals surface area contributed by atoms with Gasteiger partial charge in [-0.15, -0.1) is 0 Å². The fraction of sp³-hybridized carbons (Fsp3) is 0.750. The quantitative estimate of drug-likeness (QED) is 0.396. The van der Waals surface area contributed by atoms with Crippen LogP contribution in [0.4, 0.5) is 0 Å². The number of amides is 2. The summed E-state index contributed by atoms with van der Waals surface area (Å²) in [4.78, 5) is 35.9. The molecule has 0 aliphatic carbocycles. The molecule has 2 unspecified atom stereocenters. The molecular weight excluding hydrogens is 314 g/mol. The second-order valence-corrected chi connectivity index (χ2v) is 4.75. The Bertz CT molecular complexity index is 364. The highest BCUT2D eigenvalue weighted by molar-refractivity contribution is 7.80. The van der Waals surface area contributed by atoms with E-state index in [1.54, 1.807) is 0 Å². The van der Waals surface area contributed by atoms with Gasteiger partial charge in [0.2, 0.25) is 5.91 Å². The summed E-state index contributed by atoms with van der Waals surface area (Å²) in [6.07, 6.45) is 1.21. The number of hydrogen-bond acceptors (Lipinski definition) is 7. The molecule has 1 fully saturated rings. The molecule has 3 N–H and O–H groups in total. The third-order valence-electron chi connectivity index (χ3n) is 2.80. The number of thiol groups is 2. The van der Waals surface area contributed by atoms with Crippen molar-refractivity contribution < 1.29 is 19.1 Å². The van der Waals surface area contributed by atoms with Gasteiger partial charge in [0.15, 0.2) is 6.61 Å². The summed E-state index contributed by atoms with van der Waals surface area (Å²) < 4.78 is 7.29. The molecule has 21 heavy (non-hydrogen) atoms. The Hall–Kier alpha value is -0.930. The van der Waals surface area contributed by atoms with Crippen molar-refractivity contribution in [3.05, 3.63) is 0 Å². The lowest BCUT2D eigenvalue weighted by Crippen LogP contribution is -2.49. The zero-order valence-corrected chi connectivity index (χ0v) is 14.0. The second kappa shape index (κ2) is 10.7. The predicted molar refractivity (Wildman–Crippen MR) is 86.0 cm³/mol. The molecule has 1 heterocycles. The van der Waals surface area contributed by atoms with E-state index >= 15 is 0 Å². The first-order valence-electron chi connectivity index (χ1n) is 6.77. The first-order chi connectivity index (χ1) is 10.0. The summed E-state index contributed by atoms with van der Waals surface area (Å²) in [5.41, 5.74) is 4.90. The van der Waals surface area contributed by atoms with Gasteiger partial charge in [-0.1, -0.05) is 26.7 Å². The summed E-state index contributed by atoms with van der Waals surface area (Å²) in [7, 11) is 0. The molecule has 0 saturated carbocycles. The Morgan fingerprint density at radius 3 is 2.52 bits per heavy atom. The summed E-state index contributed by atoms with van der Waals surface area (Å²) in [6, 6.07) is -1.24. The fourth-order valence-electron chi connectivity index (χ4n) is 1.89. The van der Waals surface area contributed by atoms with Crippen molar-refractivity contribution in [1.82, 2.24) is 9.62 Å². The molecule has 1 aliphatic rings. The highest BCUT2D eigenvalue weighted by Crippen LogP contribution is 2.20. The standard InChI is InChI=1S/C10H17N3O4S2.C2H6/c11-8(14)4-17-10(16)7-2-1-3-13(7)9(15)6(5-18)12-19;1-2/h6-7,12,18-19H,1-5H2,(H2,11,14);1-2H3. The largest absolute Gasteiger partial charge is 0.454 e. The number of rotatable bonds is 6. The minimum absolute atomic E-state index is 0.261. The topological polar surface area (TPSA) is 102 Å². The Morgan fingerprint density at radius 1 is 1.43 bits per heavy atom. The van der Waals surface area contributed by atoms with Crippen LogP contribution in [0.3, 0.4) is 0 Å². The van der Waals surface area contributed by atoms with E-state index < -0.39 is 30.6 Å².